The van der Waals surface area contributed by atoms with Crippen LogP contribution in [0.3, 0.4) is 0 Å². The van der Waals surface area contributed by atoms with Crippen LogP contribution in [0.1, 0.15) is 21.6 Å². The quantitative estimate of drug-likeness (QED) is 0.631. The lowest BCUT2D eigenvalue weighted by molar-refractivity contribution is -0.128. The van der Waals surface area contributed by atoms with E-state index in [0.717, 1.165) is 10.5 Å². The minimum atomic E-state index is -0.334. The normalized spacial score (nSPS) is 14.3. The first-order chi connectivity index (χ1) is 10.1. The summed E-state index contributed by atoms with van der Waals surface area (Å²) in [5.74, 6) is -0.601. The highest BCUT2D eigenvalue weighted by atomic mass is 35.5. The van der Waals surface area contributed by atoms with E-state index in [1.165, 1.54) is 0 Å². The van der Waals surface area contributed by atoms with Crippen LogP contribution in [0.25, 0.3) is 0 Å². The third-order valence-electron chi connectivity index (χ3n) is 3.33. The summed E-state index contributed by atoms with van der Waals surface area (Å²) in [5, 5.41) is 0.644. The van der Waals surface area contributed by atoms with Crippen molar-refractivity contribution >= 4 is 35.0 Å². The number of amides is 2. The number of hydrogen-bond acceptors (Lipinski definition) is 3. The van der Waals surface area contributed by atoms with E-state index in [1.807, 2.05) is 6.07 Å². The number of fused-ring (bicyclic) bond motifs is 1. The highest BCUT2D eigenvalue weighted by molar-refractivity contribution is 6.32. The van der Waals surface area contributed by atoms with Crippen LogP contribution >= 0.6 is 23.2 Å². The van der Waals surface area contributed by atoms with Gasteiger partial charge in [-0.3, -0.25) is 14.5 Å². The minimum absolute atomic E-state index is 0.0192. The predicted molar refractivity (Wildman–Crippen MR) is 79.3 cm³/mol. The number of benzene rings is 1. The summed E-state index contributed by atoms with van der Waals surface area (Å²) < 4.78 is 0. The number of nitrogens with zero attached hydrogens (tertiary/aromatic N) is 2. The van der Waals surface area contributed by atoms with Gasteiger partial charge in [0.2, 0.25) is 5.91 Å². The molecule has 4 nitrogen and oxygen atoms in total. The van der Waals surface area contributed by atoms with Crippen molar-refractivity contribution in [2.75, 3.05) is 0 Å². The lowest BCUT2D eigenvalue weighted by Gasteiger charge is -2.26. The van der Waals surface area contributed by atoms with Gasteiger partial charge in [-0.25, -0.2) is 4.98 Å². The van der Waals surface area contributed by atoms with E-state index in [-0.39, 0.29) is 29.9 Å². The molecule has 2 aromatic rings. The van der Waals surface area contributed by atoms with Gasteiger partial charge in [-0.2, -0.15) is 0 Å². The zero-order chi connectivity index (χ0) is 15.0. The first kappa shape index (κ1) is 14.0. The van der Waals surface area contributed by atoms with Crippen molar-refractivity contribution < 1.29 is 9.59 Å². The molecular weight excluding hydrogens is 311 g/mol. The Morgan fingerprint density at radius 3 is 2.67 bits per heavy atom. The third-order valence-corrected chi connectivity index (χ3v) is 3.88. The summed E-state index contributed by atoms with van der Waals surface area (Å²) >= 11 is 11.9. The van der Waals surface area contributed by atoms with Crippen molar-refractivity contribution in [2.45, 2.75) is 13.0 Å². The number of pyridine rings is 1. The molecule has 2 amide bonds. The van der Waals surface area contributed by atoms with Gasteiger partial charge in [0.1, 0.15) is 5.15 Å². The van der Waals surface area contributed by atoms with Gasteiger partial charge in [0.25, 0.3) is 5.91 Å². The molecule has 0 radical (unpaired) electrons. The van der Waals surface area contributed by atoms with Gasteiger partial charge < -0.3 is 0 Å². The Hall–Kier alpha value is -1.91. The summed E-state index contributed by atoms with van der Waals surface area (Å²) in [6.45, 7) is 0.0192. The van der Waals surface area contributed by atoms with Crippen molar-refractivity contribution in [3.63, 3.8) is 0 Å². The van der Waals surface area contributed by atoms with Gasteiger partial charge in [-0.05, 0) is 23.8 Å². The molecule has 3 rings (SSSR count). The molecule has 1 aromatic heterocycles. The maximum absolute atomic E-state index is 12.4. The van der Waals surface area contributed by atoms with Crippen molar-refractivity contribution in [2.24, 2.45) is 0 Å². The van der Waals surface area contributed by atoms with Gasteiger partial charge in [0.15, 0.2) is 0 Å². The second-order valence-corrected chi connectivity index (χ2v) is 5.48. The molecule has 6 heteroatoms. The molecule has 21 heavy (non-hydrogen) atoms. The fraction of sp³-hybridized carbons (Fsp3) is 0.133. The fourth-order valence-electron chi connectivity index (χ4n) is 2.28. The van der Waals surface area contributed by atoms with Crippen molar-refractivity contribution in [3.8, 4) is 0 Å². The average Bonchev–Trinajstić information content (AvgIpc) is 2.47. The number of rotatable bonds is 2. The molecule has 106 valence electrons. The van der Waals surface area contributed by atoms with Crippen LogP contribution in [0.4, 0.5) is 0 Å². The van der Waals surface area contributed by atoms with E-state index in [0.29, 0.717) is 16.3 Å². The van der Waals surface area contributed by atoms with Crippen LogP contribution in [0, 0.1) is 0 Å². The van der Waals surface area contributed by atoms with E-state index in [9.17, 15) is 9.59 Å². The highest BCUT2D eigenvalue weighted by Gasteiger charge is 2.31. The van der Waals surface area contributed by atoms with E-state index in [2.05, 4.69) is 4.98 Å². The lowest BCUT2D eigenvalue weighted by Crippen LogP contribution is -2.41. The van der Waals surface area contributed by atoms with Crippen molar-refractivity contribution in [1.82, 2.24) is 9.88 Å². The minimum Gasteiger partial charge on any atom is -0.274 e. The number of hydrogen-bond donors (Lipinski definition) is 0. The first-order valence-corrected chi connectivity index (χ1v) is 7.05. The van der Waals surface area contributed by atoms with Gasteiger partial charge >= 0.3 is 0 Å². The molecule has 0 N–H and O–H groups in total. The molecule has 0 atom stereocenters. The molecule has 1 aromatic carbocycles. The van der Waals surface area contributed by atoms with Crippen molar-refractivity contribution in [1.29, 1.82) is 0 Å². The van der Waals surface area contributed by atoms with E-state index >= 15 is 0 Å². The summed E-state index contributed by atoms with van der Waals surface area (Å²) in [4.78, 5) is 29.8. The van der Waals surface area contributed by atoms with E-state index < -0.39 is 0 Å². The van der Waals surface area contributed by atoms with E-state index in [1.54, 1.807) is 30.3 Å². The Labute approximate surface area is 131 Å². The van der Waals surface area contributed by atoms with Crippen LogP contribution in [0.15, 0.2) is 36.4 Å². The summed E-state index contributed by atoms with van der Waals surface area (Å²) in [7, 11) is 0. The van der Waals surface area contributed by atoms with E-state index in [4.69, 9.17) is 23.2 Å². The summed E-state index contributed by atoms with van der Waals surface area (Å²) in [6, 6.07) is 10.2. The molecular formula is C15H10Cl2N2O2. The van der Waals surface area contributed by atoms with Gasteiger partial charge in [-0.15, -0.1) is 0 Å². The Kier molecular flexibility index (Phi) is 3.66. The molecule has 0 bridgehead atoms. The fourth-order valence-corrected chi connectivity index (χ4v) is 2.61. The molecule has 0 saturated heterocycles. The largest absolute Gasteiger partial charge is 0.274 e. The number of carbonyl (C=O) groups is 2. The van der Waals surface area contributed by atoms with Crippen molar-refractivity contribution in [3.05, 3.63) is 63.4 Å². The maximum Gasteiger partial charge on any atom is 0.261 e. The Morgan fingerprint density at radius 1 is 1.10 bits per heavy atom. The average molecular weight is 321 g/mol. The highest BCUT2D eigenvalue weighted by Crippen LogP contribution is 2.24. The number of halogens is 2. The van der Waals surface area contributed by atoms with Gasteiger partial charge in [0.05, 0.1) is 23.7 Å². The predicted octanol–water partition coefficient (Wildman–Crippen LogP) is 3.11. The molecule has 0 aliphatic carbocycles. The molecule has 1 aliphatic heterocycles. The summed E-state index contributed by atoms with van der Waals surface area (Å²) in [5.41, 5.74) is 1.69. The molecule has 0 unspecified atom stereocenters. The van der Waals surface area contributed by atoms with Crippen LogP contribution < -0.4 is 0 Å². The Morgan fingerprint density at radius 2 is 1.86 bits per heavy atom. The Bertz CT molecular complexity index is 746. The second kappa shape index (κ2) is 5.47. The lowest BCUT2D eigenvalue weighted by atomic mass is 9.98. The van der Waals surface area contributed by atoms with Gasteiger partial charge in [-0.1, -0.05) is 41.4 Å². The van der Waals surface area contributed by atoms with Crippen LogP contribution in [-0.2, 0) is 17.8 Å². The monoisotopic (exact) mass is 320 g/mol. The summed E-state index contributed by atoms with van der Waals surface area (Å²) in [6.07, 6.45) is 0.195. The van der Waals surface area contributed by atoms with Gasteiger partial charge in [0, 0.05) is 5.56 Å². The zero-order valence-electron chi connectivity index (χ0n) is 10.8. The van der Waals surface area contributed by atoms with Crippen LogP contribution in [0.5, 0.6) is 0 Å². The smallest absolute Gasteiger partial charge is 0.261 e. The number of aromatic nitrogens is 1. The molecule has 0 saturated carbocycles. The molecule has 1 aliphatic rings. The first-order valence-electron chi connectivity index (χ1n) is 6.30. The third kappa shape index (κ3) is 2.64. The number of carbonyl (C=O) groups excluding carboxylic acids is 2. The van der Waals surface area contributed by atoms with Crippen LogP contribution in [0.2, 0.25) is 10.2 Å². The molecule has 0 fully saturated rings. The standard InChI is InChI=1S/C15H10Cl2N2O2/c16-11-5-6-13(17)18-12(11)8-19-14(20)7-9-3-1-2-4-10(9)15(19)21/h1-6H,7-8H2. The zero-order valence-corrected chi connectivity index (χ0v) is 12.4. The molecule has 0 spiro atoms. The maximum atomic E-state index is 12.4. The SMILES string of the molecule is O=C1Cc2ccccc2C(=O)N1Cc1nc(Cl)ccc1Cl. The molecule has 2 heterocycles. The number of imide groups is 1. The topological polar surface area (TPSA) is 50.3 Å². The second-order valence-electron chi connectivity index (χ2n) is 4.68. The van der Waals surface area contributed by atoms with Crippen LogP contribution in [-0.4, -0.2) is 21.7 Å². The Balaban J connectivity index is 1.95.